The Morgan fingerprint density at radius 2 is 1.71 bits per heavy atom. The molecule has 24 heavy (non-hydrogen) atoms. The minimum absolute atomic E-state index is 1.04. The number of hydrogen-bond acceptors (Lipinski definition) is 4. The van der Waals surface area contributed by atoms with E-state index in [1.165, 1.54) is 16.7 Å². The van der Waals surface area contributed by atoms with Gasteiger partial charge in [0.05, 0.1) is 11.9 Å². The quantitative estimate of drug-likeness (QED) is 0.566. The number of aryl methyl sites for hydroxylation is 1. The van der Waals surface area contributed by atoms with E-state index in [4.69, 9.17) is 0 Å². The van der Waals surface area contributed by atoms with Gasteiger partial charge in [-0.15, -0.1) is 0 Å². The predicted octanol–water partition coefficient (Wildman–Crippen LogP) is 4.62. The first kappa shape index (κ1) is 19.7. The molecule has 0 aliphatic carbocycles. The Morgan fingerprint density at radius 1 is 1.04 bits per heavy atom. The van der Waals surface area contributed by atoms with Gasteiger partial charge in [0.1, 0.15) is 5.82 Å². The first-order valence-electron chi connectivity index (χ1n) is 8.00. The van der Waals surface area contributed by atoms with Crippen molar-refractivity contribution < 1.29 is 0 Å². The van der Waals surface area contributed by atoms with Crippen LogP contribution < -0.4 is 10.2 Å². The van der Waals surface area contributed by atoms with Gasteiger partial charge in [-0.3, -0.25) is 0 Å². The molecule has 1 fully saturated rings. The van der Waals surface area contributed by atoms with Crippen LogP contribution in [0.5, 0.6) is 0 Å². The lowest BCUT2D eigenvalue weighted by atomic mass is 10.00. The van der Waals surface area contributed by atoms with Crippen molar-refractivity contribution in [2.45, 2.75) is 6.92 Å². The number of piperazine rings is 1. The highest BCUT2D eigenvalue weighted by molar-refractivity contribution is 15.0. The van der Waals surface area contributed by atoms with E-state index in [2.05, 4.69) is 102 Å². The lowest BCUT2D eigenvalue weighted by Gasteiger charge is -2.33. The number of benzene rings is 1. The number of aromatic nitrogens is 1. The van der Waals surface area contributed by atoms with Crippen LogP contribution in [0.15, 0.2) is 36.5 Å². The summed E-state index contributed by atoms with van der Waals surface area (Å²) in [6.45, 7) is 6.42. The van der Waals surface area contributed by atoms with Crippen LogP contribution in [0.4, 0.5) is 11.5 Å². The Labute approximate surface area is 168 Å². The first-order valence-corrected chi connectivity index (χ1v) is 14.3. The van der Waals surface area contributed by atoms with Crippen LogP contribution in [0.2, 0.25) is 0 Å². The summed E-state index contributed by atoms with van der Waals surface area (Å²) in [7, 11) is 4.13. The van der Waals surface area contributed by atoms with E-state index in [0.29, 0.717) is 0 Å². The fourth-order valence-electron chi connectivity index (χ4n) is 2.95. The van der Waals surface area contributed by atoms with E-state index in [1.54, 1.807) is 0 Å². The molecule has 3 rings (SSSR count). The second kappa shape index (κ2) is 9.76. The Hall–Kier alpha value is -0.610. The fourth-order valence-corrected chi connectivity index (χ4v) is 2.95. The maximum atomic E-state index is 4.66. The SMILES string of the molecule is CNc1cnc(N2CCN(C)CC2)cc1-c1ccccc1C.II. The number of nitrogens with zero attached hydrogens (tertiary/aromatic N) is 3. The van der Waals surface area contributed by atoms with Crippen molar-refractivity contribution in [1.82, 2.24) is 9.88 Å². The molecule has 130 valence electrons. The normalized spacial score (nSPS) is 14.8. The molecular weight excluding hydrogens is 526 g/mol. The number of pyridine rings is 1. The molecule has 0 atom stereocenters. The zero-order valence-electron chi connectivity index (χ0n) is 14.4. The van der Waals surface area contributed by atoms with Crippen molar-refractivity contribution in [3.8, 4) is 11.1 Å². The third kappa shape index (κ3) is 4.72. The maximum absolute atomic E-state index is 4.66. The zero-order chi connectivity index (χ0) is 17.5. The van der Waals surface area contributed by atoms with Crippen molar-refractivity contribution in [3.63, 3.8) is 0 Å². The fraction of sp³-hybridized carbons (Fsp3) is 0.389. The van der Waals surface area contributed by atoms with Gasteiger partial charge in [0.25, 0.3) is 0 Å². The first-order chi connectivity index (χ1) is 11.7. The molecule has 1 aliphatic rings. The van der Waals surface area contributed by atoms with Gasteiger partial charge >= 0.3 is 0 Å². The standard InChI is InChI=1S/C18H24N4.I2/c1-14-6-4-5-7-15(14)16-12-18(20-13-17(16)19-2)22-10-8-21(3)9-11-22;1-2/h4-7,12-13,19H,8-11H2,1-3H3;. The molecule has 2 heterocycles. The van der Waals surface area contributed by atoms with Gasteiger partial charge in [-0.25, -0.2) is 4.98 Å². The van der Waals surface area contributed by atoms with Crippen molar-refractivity contribution in [1.29, 1.82) is 0 Å². The third-order valence-electron chi connectivity index (χ3n) is 4.42. The van der Waals surface area contributed by atoms with Crippen LogP contribution in [0.1, 0.15) is 5.56 Å². The van der Waals surface area contributed by atoms with Gasteiger partial charge in [-0.1, -0.05) is 24.3 Å². The number of anilines is 2. The Kier molecular flexibility index (Phi) is 8.02. The molecule has 0 bridgehead atoms. The summed E-state index contributed by atoms with van der Waals surface area (Å²) in [5, 5.41) is 3.27. The number of likely N-dealkylation sites (N-methyl/N-ethyl adjacent to an activating group) is 1. The molecule has 0 spiro atoms. The maximum Gasteiger partial charge on any atom is 0.129 e. The summed E-state index contributed by atoms with van der Waals surface area (Å²) in [4.78, 5) is 9.40. The van der Waals surface area contributed by atoms with E-state index < -0.39 is 0 Å². The molecule has 2 aromatic rings. The topological polar surface area (TPSA) is 31.4 Å². The molecule has 1 aromatic heterocycles. The van der Waals surface area contributed by atoms with E-state index in [0.717, 1.165) is 37.7 Å². The highest BCUT2D eigenvalue weighted by Crippen LogP contribution is 2.32. The van der Waals surface area contributed by atoms with Crippen LogP contribution >= 0.6 is 37.2 Å². The molecule has 0 amide bonds. The van der Waals surface area contributed by atoms with E-state index in [9.17, 15) is 0 Å². The molecule has 1 N–H and O–H groups in total. The molecule has 1 aliphatic heterocycles. The second-order valence-electron chi connectivity index (χ2n) is 5.94. The number of rotatable bonds is 3. The lowest BCUT2D eigenvalue weighted by Crippen LogP contribution is -2.44. The molecular formula is C18H24I2N4. The van der Waals surface area contributed by atoms with Crippen molar-refractivity contribution in [2.24, 2.45) is 0 Å². The molecule has 4 nitrogen and oxygen atoms in total. The van der Waals surface area contributed by atoms with Gasteiger partial charge < -0.3 is 15.1 Å². The van der Waals surface area contributed by atoms with Gasteiger partial charge in [0, 0.05) is 76.0 Å². The minimum atomic E-state index is 1.04. The summed E-state index contributed by atoms with van der Waals surface area (Å²) in [6, 6.07) is 10.7. The third-order valence-corrected chi connectivity index (χ3v) is 4.42. The van der Waals surface area contributed by atoms with E-state index in [-0.39, 0.29) is 0 Å². The summed E-state index contributed by atoms with van der Waals surface area (Å²) in [5.41, 5.74) is 4.86. The Morgan fingerprint density at radius 3 is 2.33 bits per heavy atom. The Balaban J connectivity index is 0.00000100. The summed E-state index contributed by atoms with van der Waals surface area (Å²) in [6.07, 6.45) is 1.95. The molecule has 0 unspecified atom stereocenters. The van der Waals surface area contributed by atoms with Crippen LogP contribution in [-0.4, -0.2) is 50.2 Å². The van der Waals surface area contributed by atoms with Crippen LogP contribution in [-0.2, 0) is 0 Å². The van der Waals surface area contributed by atoms with Crippen LogP contribution in [0, 0.1) is 6.92 Å². The van der Waals surface area contributed by atoms with Gasteiger partial charge in [0.15, 0.2) is 0 Å². The summed E-state index contributed by atoms with van der Waals surface area (Å²) in [5.74, 6) is 1.07. The molecule has 6 heteroatoms. The van der Waals surface area contributed by atoms with Gasteiger partial charge in [0.2, 0.25) is 0 Å². The Bertz CT molecular complexity index is 655. The zero-order valence-corrected chi connectivity index (χ0v) is 18.7. The second-order valence-corrected chi connectivity index (χ2v) is 5.94. The highest BCUT2D eigenvalue weighted by Gasteiger charge is 2.17. The lowest BCUT2D eigenvalue weighted by molar-refractivity contribution is 0.312. The largest absolute Gasteiger partial charge is 0.386 e. The summed E-state index contributed by atoms with van der Waals surface area (Å²) < 4.78 is 0. The van der Waals surface area contributed by atoms with E-state index in [1.807, 2.05) is 13.2 Å². The molecule has 0 radical (unpaired) electrons. The number of nitrogens with one attached hydrogen (secondary N) is 1. The van der Waals surface area contributed by atoms with Crippen molar-refractivity contribution in [3.05, 3.63) is 42.1 Å². The molecule has 1 aromatic carbocycles. The number of hydrogen-bond donors (Lipinski definition) is 1. The van der Waals surface area contributed by atoms with E-state index >= 15 is 0 Å². The smallest absolute Gasteiger partial charge is 0.129 e. The minimum Gasteiger partial charge on any atom is -0.386 e. The van der Waals surface area contributed by atoms with Crippen LogP contribution in [0.3, 0.4) is 0 Å². The van der Waals surface area contributed by atoms with Crippen LogP contribution in [0.25, 0.3) is 11.1 Å². The average Bonchev–Trinajstić information content (AvgIpc) is 2.64. The van der Waals surface area contributed by atoms with Crippen molar-refractivity contribution >= 4 is 48.7 Å². The molecule has 0 saturated carbocycles. The monoisotopic (exact) mass is 550 g/mol. The van der Waals surface area contributed by atoms with Gasteiger partial charge in [-0.2, -0.15) is 0 Å². The number of halogens is 2. The van der Waals surface area contributed by atoms with Gasteiger partial charge in [-0.05, 0) is 31.2 Å². The average molecular weight is 550 g/mol. The molecule has 1 saturated heterocycles. The predicted molar refractivity (Wildman–Crippen MR) is 122 cm³/mol. The van der Waals surface area contributed by atoms with Crippen molar-refractivity contribution in [2.75, 3.05) is 50.5 Å². The highest BCUT2D eigenvalue weighted by atomic mass is 128. The summed E-state index contributed by atoms with van der Waals surface area (Å²) >= 11 is 4.24.